The maximum absolute atomic E-state index is 13.2. The molecule has 1 saturated heterocycles. The highest BCUT2D eigenvalue weighted by Crippen LogP contribution is 2.29. The molecule has 1 aliphatic heterocycles. The van der Waals surface area contributed by atoms with Crippen molar-refractivity contribution in [3.8, 4) is 0 Å². The summed E-state index contributed by atoms with van der Waals surface area (Å²) in [5.74, 6) is -0.359. The molecule has 220 valence electrons. The second kappa shape index (κ2) is 12.8. The Morgan fingerprint density at radius 1 is 1.02 bits per heavy atom. The van der Waals surface area contributed by atoms with Gasteiger partial charge in [-0.25, -0.2) is 21.6 Å². The van der Waals surface area contributed by atoms with Gasteiger partial charge in [0.05, 0.1) is 17.0 Å². The molecule has 1 fully saturated rings. The number of halogens is 3. The third kappa shape index (κ3) is 8.61. The van der Waals surface area contributed by atoms with Crippen LogP contribution in [0.3, 0.4) is 0 Å². The van der Waals surface area contributed by atoms with Crippen molar-refractivity contribution in [1.82, 2.24) is 18.8 Å². The van der Waals surface area contributed by atoms with E-state index < -0.39 is 31.8 Å². The van der Waals surface area contributed by atoms with Crippen LogP contribution in [0.5, 0.6) is 0 Å². The summed E-state index contributed by atoms with van der Waals surface area (Å²) in [6.07, 6.45) is -3.93. The lowest BCUT2D eigenvalue weighted by Crippen LogP contribution is -2.36. The Bertz CT molecular complexity index is 1400. The van der Waals surface area contributed by atoms with E-state index in [2.05, 4.69) is 11.3 Å². The molecule has 0 radical (unpaired) electrons. The van der Waals surface area contributed by atoms with Crippen molar-refractivity contribution in [2.75, 3.05) is 40.3 Å². The van der Waals surface area contributed by atoms with Crippen LogP contribution in [0.1, 0.15) is 23.1 Å². The SMILES string of the molecule is C=CS(=O)(=O)NC[C@H]1CCN(S(=O)(=O)c2ccc(CN(CC(=O)N(C)C)Cc3ccc(C(F)(F)F)cc3)cc2)C1. The van der Waals surface area contributed by atoms with E-state index in [4.69, 9.17) is 0 Å². The van der Waals surface area contributed by atoms with Crippen LogP contribution in [0.4, 0.5) is 13.2 Å². The van der Waals surface area contributed by atoms with Gasteiger partial charge in [0.15, 0.2) is 0 Å². The predicted octanol–water partition coefficient (Wildman–Crippen LogP) is 2.87. The van der Waals surface area contributed by atoms with Crippen molar-refractivity contribution in [3.63, 3.8) is 0 Å². The van der Waals surface area contributed by atoms with Crippen molar-refractivity contribution in [2.24, 2.45) is 5.92 Å². The van der Waals surface area contributed by atoms with Crippen molar-refractivity contribution in [1.29, 1.82) is 0 Å². The van der Waals surface area contributed by atoms with Crippen LogP contribution in [0.25, 0.3) is 0 Å². The number of nitrogens with zero attached hydrogens (tertiary/aromatic N) is 3. The maximum Gasteiger partial charge on any atom is 0.416 e. The van der Waals surface area contributed by atoms with E-state index in [-0.39, 0.29) is 56.0 Å². The standard InChI is InChI=1S/C26H33F3N4O5S2/c1-4-39(35,36)30-15-22-13-14-33(18-22)40(37,38)24-11-7-21(8-12-24)17-32(19-25(34)31(2)3)16-20-5-9-23(10-6-20)26(27,28)29/h4-12,22,30H,1,13-19H2,2-3H3/t22-/m1/s1. The highest BCUT2D eigenvalue weighted by atomic mass is 32.2. The number of alkyl halides is 3. The fourth-order valence-corrected chi connectivity index (χ4v) is 6.32. The molecular formula is C26H33F3N4O5S2. The van der Waals surface area contributed by atoms with E-state index in [1.807, 2.05) is 0 Å². The summed E-state index contributed by atoms with van der Waals surface area (Å²) < 4.78 is 92.0. The average molecular weight is 603 g/mol. The minimum Gasteiger partial charge on any atom is -0.348 e. The Morgan fingerprint density at radius 2 is 1.57 bits per heavy atom. The van der Waals surface area contributed by atoms with Crippen LogP contribution < -0.4 is 4.72 Å². The molecule has 1 N–H and O–H groups in total. The lowest BCUT2D eigenvalue weighted by atomic mass is 10.1. The third-order valence-corrected chi connectivity index (χ3v) is 9.44. The van der Waals surface area contributed by atoms with Crippen LogP contribution in [0.2, 0.25) is 0 Å². The molecule has 0 spiro atoms. The van der Waals surface area contributed by atoms with E-state index in [1.54, 1.807) is 31.1 Å². The second-order valence-corrected chi connectivity index (χ2v) is 13.5. The number of benzene rings is 2. The molecule has 2 aromatic carbocycles. The number of carbonyl (C=O) groups is 1. The normalized spacial score (nSPS) is 16.8. The number of likely N-dealkylation sites (N-methyl/N-ethyl adjacent to an activating group) is 1. The first-order valence-corrected chi connectivity index (χ1v) is 15.4. The monoisotopic (exact) mass is 602 g/mol. The summed E-state index contributed by atoms with van der Waals surface area (Å²) in [6.45, 7) is 4.27. The van der Waals surface area contributed by atoms with Gasteiger partial charge in [-0.3, -0.25) is 9.69 Å². The molecule has 1 amide bonds. The zero-order valence-corrected chi connectivity index (χ0v) is 23.9. The molecule has 1 aliphatic rings. The van der Waals surface area contributed by atoms with Gasteiger partial charge in [0.2, 0.25) is 26.0 Å². The number of rotatable bonds is 12. The first-order valence-electron chi connectivity index (χ1n) is 12.4. The highest BCUT2D eigenvalue weighted by molar-refractivity contribution is 7.92. The zero-order chi connectivity index (χ0) is 29.7. The van der Waals surface area contributed by atoms with Gasteiger partial charge in [-0.2, -0.15) is 17.5 Å². The second-order valence-electron chi connectivity index (χ2n) is 9.85. The first kappa shape index (κ1) is 31.7. The minimum absolute atomic E-state index is 0.0127. The molecule has 1 atom stereocenters. The van der Waals surface area contributed by atoms with Crippen LogP contribution in [-0.2, 0) is 44.1 Å². The summed E-state index contributed by atoms with van der Waals surface area (Å²) in [5.41, 5.74) is 0.555. The number of nitrogens with one attached hydrogen (secondary N) is 1. The molecular weight excluding hydrogens is 569 g/mol. The van der Waals surface area contributed by atoms with Gasteiger partial charge in [-0.1, -0.05) is 30.8 Å². The molecule has 0 aromatic heterocycles. The lowest BCUT2D eigenvalue weighted by molar-refractivity contribution is -0.137. The number of hydrogen-bond donors (Lipinski definition) is 1. The molecule has 0 aliphatic carbocycles. The van der Waals surface area contributed by atoms with Gasteiger partial charge < -0.3 is 4.90 Å². The fourth-order valence-electron chi connectivity index (χ4n) is 4.21. The summed E-state index contributed by atoms with van der Waals surface area (Å²) in [5, 5.41) is 0.805. The van der Waals surface area contributed by atoms with Crippen LogP contribution in [0, 0.1) is 5.92 Å². The Labute approximate surface area is 233 Å². The minimum atomic E-state index is -4.44. The largest absolute Gasteiger partial charge is 0.416 e. The lowest BCUT2D eigenvalue weighted by Gasteiger charge is -2.24. The maximum atomic E-state index is 13.2. The van der Waals surface area contributed by atoms with Gasteiger partial charge in [0.25, 0.3) is 0 Å². The summed E-state index contributed by atoms with van der Waals surface area (Å²) in [7, 11) is -4.18. The van der Waals surface area contributed by atoms with Crippen molar-refractivity contribution < 1.29 is 34.8 Å². The molecule has 1 heterocycles. The van der Waals surface area contributed by atoms with Gasteiger partial charge in [-0.05, 0) is 47.7 Å². The topological polar surface area (TPSA) is 107 Å². The molecule has 0 saturated carbocycles. The molecule has 0 bridgehead atoms. The van der Waals surface area contributed by atoms with Crippen molar-refractivity contribution in [2.45, 2.75) is 30.6 Å². The van der Waals surface area contributed by atoms with E-state index >= 15 is 0 Å². The number of sulfonamides is 2. The average Bonchev–Trinajstić information content (AvgIpc) is 3.38. The summed E-state index contributed by atoms with van der Waals surface area (Å²) >= 11 is 0. The summed E-state index contributed by atoms with van der Waals surface area (Å²) in [6, 6.07) is 11.0. The Balaban J connectivity index is 1.69. The van der Waals surface area contributed by atoms with Gasteiger partial charge >= 0.3 is 6.18 Å². The molecule has 40 heavy (non-hydrogen) atoms. The quantitative estimate of drug-likeness (QED) is 0.401. The van der Waals surface area contributed by atoms with Crippen LogP contribution in [0.15, 0.2) is 65.4 Å². The van der Waals surface area contributed by atoms with E-state index in [9.17, 15) is 34.8 Å². The van der Waals surface area contributed by atoms with Crippen molar-refractivity contribution >= 4 is 26.0 Å². The van der Waals surface area contributed by atoms with Crippen molar-refractivity contribution in [3.05, 3.63) is 77.2 Å². The highest BCUT2D eigenvalue weighted by Gasteiger charge is 2.33. The smallest absolute Gasteiger partial charge is 0.348 e. The third-order valence-electron chi connectivity index (χ3n) is 6.55. The Kier molecular flexibility index (Phi) is 10.2. The number of carbonyl (C=O) groups excluding carboxylic acids is 1. The number of amides is 1. The number of hydrogen-bond acceptors (Lipinski definition) is 6. The Morgan fingerprint density at radius 3 is 2.08 bits per heavy atom. The van der Waals surface area contributed by atoms with E-state index in [1.165, 1.54) is 33.5 Å². The predicted molar refractivity (Wildman–Crippen MR) is 145 cm³/mol. The first-order chi connectivity index (χ1) is 18.6. The molecule has 14 heteroatoms. The molecule has 2 aromatic rings. The van der Waals surface area contributed by atoms with Crippen LogP contribution in [-0.4, -0.2) is 77.1 Å². The zero-order valence-electron chi connectivity index (χ0n) is 22.3. The molecule has 9 nitrogen and oxygen atoms in total. The fraction of sp³-hybridized carbons (Fsp3) is 0.423. The summed E-state index contributed by atoms with van der Waals surface area (Å²) in [4.78, 5) is 15.7. The van der Waals surface area contributed by atoms with Crippen LogP contribution >= 0.6 is 0 Å². The van der Waals surface area contributed by atoms with E-state index in [0.29, 0.717) is 12.0 Å². The van der Waals surface area contributed by atoms with E-state index in [0.717, 1.165) is 23.1 Å². The van der Waals surface area contributed by atoms with Gasteiger partial charge in [0.1, 0.15) is 0 Å². The molecule has 3 rings (SSSR count). The molecule has 0 unspecified atom stereocenters. The van der Waals surface area contributed by atoms with Gasteiger partial charge in [0, 0.05) is 52.2 Å². The van der Waals surface area contributed by atoms with Gasteiger partial charge in [-0.15, -0.1) is 0 Å². The Hall–Kier alpha value is -2.78.